The molecule has 0 heterocycles. The molecule has 0 aliphatic heterocycles. The highest BCUT2D eigenvalue weighted by Gasteiger charge is 2.27. The van der Waals surface area contributed by atoms with Gasteiger partial charge < -0.3 is 9.53 Å². The van der Waals surface area contributed by atoms with Gasteiger partial charge in [0.15, 0.2) is 0 Å². The van der Waals surface area contributed by atoms with Gasteiger partial charge in [-0.25, -0.2) is 0 Å². The molecule has 2 saturated carbocycles. The van der Waals surface area contributed by atoms with Crippen LogP contribution in [0.2, 0.25) is 0 Å². The molecule has 0 N–H and O–H groups in total. The molecule has 30 heavy (non-hydrogen) atoms. The number of hydrogen-bond acceptors (Lipinski definition) is 3. The normalized spacial score (nSPS) is 26.7. The quantitative estimate of drug-likeness (QED) is 0.435. The molecule has 3 heteroatoms. The van der Waals surface area contributed by atoms with Gasteiger partial charge in [0.05, 0.1) is 13.0 Å². The largest absolute Gasteiger partial charge is 0.469 e. The fourth-order valence-corrected chi connectivity index (χ4v) is 5.31. The molecule has 2 aliphatic carbocycles. The first-order chi connectivity index (χ1) is 14.7. The Bertz CT molecular complexity index is 837. The Balaban J connectivity index is 1.36. The van der Waals surface area contributed by atoms with E-state index in [0.29, 0.717) is 11.8 Å². The summed E-state index contributed by atoms with van der Waals surface area (Å²) in [6, 6.07) is 18.0. The van der Waals surface area contributed by atoms with Gasteiger partial charge in [-0.2, -0.15) is 0 Å². The molecule has 2 aromatic carbocycles. The number of carbonyl (C=O) groups excluding carboxylic acids is 2. The lowest BCUT2D eigenvalue weighted by atomic mass is 9.78. The summed E-state index contributed by atoms with van der Waals surface area (Å²) >= 11 is 0. The van der Waals surface area contributed by atoms with Crippen LogP contribution in [0.15, 0.2) is 48.5 Å². The van der Waals surface area contributed by atoms with Crippen LogP contribution in [0.25, 0.3) is 11.1 Å². The number of benzene rings is 2. The average Bonchev–Trinajstić information content (AvgIpc) is 2.84. The third-order valence-electron chi connectivity index (χ3n) is 7.32. The predicted octanol–water partition coefficient (Wildman–Crippen LogP) is 6.27. The van der Waals surface area contributed by atoms with E-state index in [1.807, 2.05) is 0 Å². The monoisotopic (exact) mass is 404 g/mol. The van der Waals surface area contributed by atoms with Gasteiger partial charge in [0.25, 0.3) is 0 Å². The standard InChI is InChI=1S/C27H32O3/c1-30-27(29)26-16-14-25(15-17-26)24-12-10-23(11-13-24)22-8-6-21(7-9-22)20-4-2-19(18-28)3-5-20/h6-13,18-20,25-26H,2-5,14-17H2,1H3/t19-,20-,25-,26-. The smallest absolute Gasteiger partial charge is 0.308 e. The van der Waals surface area contributed by atoms with E-state index in [1.54, 1.807) is 0 Å². The Morgan fingerprint density at radius 2 is 1.17 bits per heavy atom. The maximum absolute atomic E-state index is 11.7. The van der Waals surface area contributed by atoms with Gasteiger partial charge in [-0.3, -0.25) is 4.79 Å². The summed E-state index contributed by atoms with van der Waals surface area (Å²) in [5.74, 6) is 1.44. The summed E-state index contributed by atoms with van der Waals surface area (Å²) in [5, 5.41) is 0. The zero-order valence-electron chi connectivity index (χ0n) is 17.9. The summed E-state index contributed by atoms with van der Waals surface area (Å²) in [6.45, 7) is 0. The maximum atomic E-state index is 11.7. The molecule has 2 fully saturated rings. The molecule has 0 saturated heterocycles. The third kappa shape index (κ3) is 4.66. The number of ether oxygens (including phenoxy) is 1. The maximum Gasteiger partial charge on any atom is 0.308 e. The third-order valence-corrected chi connectivity index (χ3v) is 7.32. The first kappa shape index (κ1) is 20.8. The molecular formula is C27H32O3. The van der Waals surface area contributed by atoms with Crippen molar-refractivity contribution in [3.8, 4) is 11.1 Å². The second kappa shape index (κ2) is 9.59. The van der Waals surface area contributed by atoms with Crippen molar-refractivity contribution in [3.05, 3.63) is 59.7 Å². The van der Waals surface area contributed by atoms with E-state index in [0.717, 1.165) is 57.7 Å². The van der Waals surface area contributed by atoms with Gasteiger partial charge >= 0.3 is 5.97 Å². The number of rotatable bonds is 5. The van der Waals surface area contributed by atoms with E-state index < -0.39 is 0 Å². The Kier molecular flexibility index (Phi) is 6.66. The van der Waals surface area contributed by atoms with E-state index in [4.69, 9.17) is 4.74 Å². The molecule has 3 nitrogen and oxygen atoms in total. The number of esters is 1. The molecular weight excluding hydrogens is 372 g/mol. The Hall–Kier alpha value is -2.42. The van der Waals surface area contributed by atoms with Gasteiger partial charge in [0.2, 0.25) is 0 Å². The average molecular weight is 405 g/mol. The lowest BCUT2D eigenvalue weighted by molar-refractivity contribution is -0.146. The van der Waals surface area contributed by atoms with Crippen LogP contribution in [0.4, 0.5) is 0 Å². The Labute approximate surface area is 179 Å². The predicted molar refractivity (Wildman–Crippen MR) is 119 cm³/mol. The van der Waals surface area contributed by atoms with E-state index in [9.17, 15) is 9.59 Å². The van der Waals surface area contributed by atoms with Crippen LogP contribution in [-0.4, -0.2) is 19.4 Å². The number of hydrogen-bond donors (Lipinski definition) is 0. The molecule has 0 spiro atoms. The first-order valence-electron chi connectivity index (χ1n) is 11.4. The van der Waals surface area contributed by atoms with Gasteiger partial charge in [-0.1, -0.05) is 48.5 Å². The highest BCUT2D eigenvalue weighted by Crippen LogP contribution is 2.38. The Morgan fingerprint density at radius 1 is 0.733 bits per heavy atom. The van der Waals surface area contributed by atoms with Crippen molar-refractivity contribution in [2.75, 3.05) is 7.11 Å². The number of methoxy groups -OCH3 is 1. The van der Waals surface area contributed by atoms with Crippen LogP contribution in [-0.2, 0) is 14.3 Å². The van der Waals surface area contributed by atoms with Crippen LogP contribution in [0.5, 0.6) is 0 Å². The van der Waals surface area contributed by atoms with Crippen molar-refractivity contribution >= 4 is 12.3 Å². The highest BCUT2D eigenvalue weighted by atomic mass is 16.5. The minimum absolute atomic E-state index is 0.0518. The molecule has 0 radical (unpaired) electrons. The van der Waals surface area contributed by atoms with Gasteiger partial charge in [0.1, 0.15) is 6.29 Å². The molecule has 0 bridgehead atoms. The van der Waals surface area contributed by atoms with Crippen LogP contribution in [0.1, 0.15) is 74.3 Å². The molecule has 0 atom stereocenters. The molecule has 0 amide bonds. The first-order valence-corrected chi connectivity index (χ1v) is 11.4. The molecule has 4 rings (SSSR count). The minimum atomic E-state index is -0.0518. The summed E-state index contributed by atoms with van der Waals surface area (Å²) in [6.07, 6.45) is 9.39. The van der Waals surface area contributed by atoms with Gasteiger partial charge in [-0.15, -0.1) is 0 Å². The summed E-state index contributed by atoms with van der Waals surface area (Å²) in [7, 11) is 1.48. The summed E-state index contributed by atoms with van der Waals surface area (Å²) in [5.41, 5.74) is 5.28. The second-order valence-corrected chi connectivity index (χ2v) is 9.06. The topological polar surface area (TPSA) is 43.4 Å². The van der Waals surface area contributed by atoms with E-state index in [2.05, 4.69) is 48.5 Å². The summed E-state index contributed by atoms with van der Waals surface area (Å²) < 4.78 is 4.90. The van der Waals surface area contributed by atoms with Crippen molar-refractivity contribution in [3.63, 3.8) is 0 Å². The SMILES string of the molecule is COC(=O)[C@H]1CC[C@H](c2ccc(-c3ccc([C@H]4CC[C@H](C=O)CC4)cc3)cc2)CC1. The van der Waals surface area contributed by atoms with E-state index >= 15 is 0 Å². The highest BCUT2D eigenvalue weighted by molar-refractivity contribution is 5.72. The van der Waals surface area contributed by atoms with Gasteiger partial charge in [-0.05, 0) is 85.5 Å². The number of aldehydes is 1. The molecule has 0 unspecified atom stereocenters. The molecule has 158 valence electrons. The minimum Gasteiger partial charge on any atom is -0.469 e. The lowest BCUT2D eigenvalue weighted by Gasteiger charge is -2.27. The zero-order valence-corrected chi connectivity index (χ0v) is 17.9. The van der Waals surface area contributed by atoms with Crippen molar-refractivity contribution in [1.29, 1.82) is 0 Å². The van der Waals surface area contributed by atoms with Crippen LogP contribution >= 0.6 is 0 Å². The second-order valence-electron chi connectivity index (χ2n) is 9.06. The number of carbonyl (C=O) groups is 2. The van der Waals surface area contributed by atoms with Crippen molar-refractivity contribution in [2.24, 2.45) is 11.8 Å². The molecule has 2 aromatic rings. The van der Waals surface area contributed by atoms with Crippen molar-refractivity contribution < 1.29 is 14.3 Å². The van der Waals surface area contributed by atoms with Crippen molar-refractivity contribution in [1.82, 2.24) is 0 Å². The van der Waals surface area contributed by atoms with Gasteiger partial charge in [0, 0.05) is 5.92 Å². The zero-order chi connectivity index (χ0) is 20.9. The van der Waals surface area contributed by atoms with Crippen LogP contribution in [0, 0.1) is 11.8 Å². The van der Waals surface area contributed by atoms with Crippen LogP contribution in [0.3, 0.4) is 0 Å². The fourth-order valence-electron chi connectivity index (χ4n) is 5.31. The lowest BCUT2D eigenvalue weighted by Crippen LogP contribution is -2.22. The Morgan fingerprint density at radius 3 is 1.57 bits per heavy atom. The summed E-state index contributed by atoms with van der Waals surface area (Å²) in [4.78, 5) is 22.7. The van der Waals surface area contributed by atoms with E-state index in [-0.39, 0.29) is 17.8 Å². The van der Waals surface area contributed by atoms with Crippen molar-refractivity contribution in [2.45, 2.75) is 63.2 Å². The molecule has 0 aromatic heterocycles. The molecule has 2 aliphatic rings. The van der Waals surface area contributed by atoms with Crippen LogP contribution < -0.4 is 0 Å². The van der Waals surface area contributed by atoms with E-state index in [1.165, 1.54) is 29.4 Å². The fraction of sp³-hybridized carbons (Fsp3) is 0.481.